The van der Waals surface area contributed by atoms with Gasteiger partial charge in [0.1, 0.15) is 5.75 Å². The molecule has 1 N–H and O–H groups in total. The molecule has 1 amide bonds. The normalized spacial score (nSPS) is 21.7. The lowest BCUT2D eigenvalue weighted by Gasteiger charge is -2.26. The number of benzene rings is 1. The molecule has 2 aliphatic heterocycles. The molecule has 2 fully saturated rings. The second kappa shape index (κ2) is 9.93. The number of carbonyl (C=O) groups excluding carboxylic acids is 1. The van der Waals surface area contributed by atoms with Crippen LogP contribution in [0.5, 0.6) is 5.75 Å². The first-order valence-corrected chi connectivity index (χ1v) is 10.2. The zero-order valence-corrected chi connectivity index (χ0v) is 16.1. The van der Waals surface area contributed by atoms with E-state index in [9.17, 15) is 4.79 Å². The molecule has 2 saturated heterocycles. The fourth-order valence-electron chi connectivity index (χ4n) is 4.11. The van der Waals surface area contributed by atoms with Gasteiger partial charge in [-0.2, -0.15) is 0 Å². The SMILES string of the molecule is CNC(=O)C1CCCN1Cc1cccc(OCCCN2CCCCC2)c1. The highest BCUT2D eigenvalue weighted by molar-refractivity contribution is 5.81. The van der Waals surface area contributed by atoms with E-state index < -0.39 is 0 Å². The average molecular weight is 360 g/mol. The highest BCUT2D eigenvalue weighted by Crippen LogP contribution is 2.22. The van der Waals surface area contributed by atoms with E-state index in [2.05, 4.69) is 33.3 Å². The summed E-state index contributed by atoms with van der Waals surface area (Å²) in [5, 5.41) is 2.79. The van der Waals surface area contributed by atoms with Crippen molar-refractivity contribution in [2.45, 2.75) is 51.1 Å². The summed E-state index contributed by atoms with van der Waals surface area (Å²) in [6, 6.07) is 8.35. The molecule has 0 radical (unpaired) electrons. The predicted molar refractivity (Wildman–Crippen MR) is 104 cm³/mol. The maximum absolute atomic E-state index is 12.0. The number of hydrogen-bond donors (Lipinski definition) is 1. The number of carbonyl (C=O) groups is 1. The Hall–Kier alpha value is -1.59. The van der Waals surface area contributed by atoms with Crippen LogP contribution in [0, 0.1) is 0 Å². The minimum atomic E-state index is 0.00844. The van der Waals surface area contributed by atoms with Crippen molar-refractivity contribution in [3.8, 4) is 5.75 Å². The molecule has 0 aromatic heterocycles. The van der Waals surface area contributed by atoms with Crippen LogP contribution in [0.4, 0.5) is 0 Å². The molecule has 3 rings (SSSR count). The van der Waals surface area contributed by atoms with Crippen molar-refractivity contribution in [2.24, 2.45) is 0 Å². The Kier molecular flexibility index (Phi) is 7.32. The zero-order valence-electron chi connectivity index (χ0n) is 16.1. The van der Waals surface area contributed by atoms with E-state index in [0.717, 1.165) is 51.3 Å². The molecule has 0 saturated carbocycles. The van der Waals surface area contributed by atoms with Crippen molar-refractivity contribution >= 4 is 5.91 Å². The van der Waals surface area contributed by atoms with Crippen molar-refractivity contribution in [2.75, 3.05) is 39.8 Å². The summed E-state index contributed by atoms with van der Waals surface area (Å²) in [5.41, 5.74) is 1.22. The number of hydrogen-bond acceptors (Lipinski definition) is 4. The Bertz CT molecular complexity index is 572. The van der Waals surface area contributed by atoms with Gasteiger partial charge in [-0.3, -0.25) is 9.69 Å². The Morgan fingerprint density at radius 2 is 2.04 bits per heavy atom. The first kappa shape index (κ1) is 19.2. The van der Waals surface area contributed by atoms with Crippen LogP contribution in [-0.2, 0) is 11.3 Å². The molecule has 144 valence electrons. The first-order valence-electron chi connectivity index (χ1n) is 10.2. The molecular formula is C21H33N3O2. The third-order valence-corrected chi connectivity index (χ3v) is 5.53. The molecule has 2 aliphatic rings. The van der Waals surface area contributed by atoms with Crippen LogP contribution in [0.3, 0.4) is 0 Å². The number of nitrogens with zero attached hydrogens (tertiary/aromatic N) is 2. The van der Waals surface area contributed by atoms with E-state index in [1.54, 1.807) is 7.05 Å². The van der Waals surface area contributed by atoms with Crippen molar-refractivity contribution in [1.82, 2.24) is 15.1 Å². The van der Waals surface area contributed by atoms with Gasteiger partial charge < -0.3 is 15.0 Å². The van der Waals surface area contributed by atoms with E-state index in [1.165, 1.54) is 37.9 Å². The Morgan fingerprint density at radius 1 is 1.19 bits per heavy atom. The lowest BCUT2D eigenvalue weighted by Crippen LogP contribution is -2.41. The van der Waals surface area contributed by atoms with Crippen molar-refractivity contribution in [3.63, 3.8) is 0 Å². The van der Waals surface area contributed by atoms with Gasteiger partial charge in [0.05, 0.1) is 12.6 Å². The number of piperidine rings is 1. The molecule has 0 aliphatic carbocycles. The van der Waals surface area contributed by atoms with Crippen LogP contribution in [0.15, 0.2) is 24.3 Å². The second-order valence-corrected chi connectivity index (χ2v) is 7.49. The van der Waals surface area contributed by atoms with Gasteiger partial charge in [-0.25, -0.2) is 0 Å². The number of ether oxygens (including phenoxy) is 1. The largest absolute Gasteiger partial charge is 0.494 e. The smallest absolute Gasteiger partial charge is 0.237 e. The molecule has 2 heterocycles. The minimum Gasteiger partial charge on any atom is -0.494 e. The molecule has 5 nitrogen and oxygen atoms in total. The van der Waals surface area contributed by atoms with Crippen LogP contribution in [-0.4, -0.2) is 61.6 Å². The first-order chi connectivity index (χ1) is 12.8. The third kappa shape index (κ3) is 5.45. The van der Waals surface area contributed by atoms with Gasteiger partial charge in [0.15, 0.2) is 0 Å². The molecular weight excluding hydrogens is 326 g/mol. The fraction of sp³-hybridized carbons (Fsp3) is 0.667. The molecule has 1 atom stereocenters. The average Bonchev–Trinajstić information content (AvgIpc) is 3.14. The molecule has 1 unspecified atom stereocenters. The number of rotatable bonds is 8. The van der Waals surface area contributed by atoms with Crippen LogP contribution in [0.1, 0.15) is 44.1 Å². The Balaban J connectivity index is 1.44. The summed E-state index contributed by atoms with van der Waals surface area (Å²) in [4.78, 5) is 16.8. The molecule has 1 aromatic carbocycles. The van der Waals surface area contributed by atoms with Crippen LogP contribution in [0.25, 0.3) is 0 Å². The van der Waals surface area contributed by atoms with Crippen molar-refractivity contribution in [3.05, 3.63) is 29.8 Å². The summed E-state index contributed by atoms with van der Waals surface area (Å²) < 4.78 is 5.97. The van der Waals surface area contributed by atoms with E-state index in [-0.39, 0.29) is 11.9 Å². The Labute approximate surface area is 157 Å². The summed E-state index contributed by atoms with van der Waals surface area (Å²) in [6.07, 6.45) is 7.19. The lowest BCUT2D eigenvalue weighted by atomic mass is 10.1. The molecule has 0 spiro atoms. The van der Waals surface area contributed by atoms with Gasteiger partial charge in [0.2, 0.25) is 5.91 Å². The van der Waals surface area contributed by atoms with Gasteiger partial charge in [-0.1, -0.05) is 18.6 Å². The quantitative estimate of drug-likeness (QED) is 0.725. The van der Waals surface area contributed by atoms with Gasteiger partial charge >= 0.3 is 0 Å². The minimum absolute atomic E-state index is 0.00844. The second-order valence-electron chi connectivity index (χ2n) is 7.49. The molecule has 0 bridgehead atoms. The highest BCUT2D eigenvalue weighted by Gasteiger charge is 2.29. The van der Waals surface area contributed by atoms with Crippen molar-refractivity contribution < 1.29 is 9.53 Å². The zero-order chi connectivity index (χ0) is 18.2. The van der Waals surface area contributed by atoms with E-state index >= 15 is 0 Å². The number of amides is 1. The number of likely N-dealkylation sites (N-methyl/N-ethyl adjacent to an activating group) is 1. The van der Waals surface area contributed by atoms with Gasteiger partial charge in [-0.15, -0.1) is 0 Å². The third-order valence-electron chi connectivity index (χ3n) is 5.53. The number of likely N-dealkylation sites (tertiary alicyclic amines) is 2. The standard InChI is InChI=1S/C21H33N3O2/c1-22-21(25)20-10-6-14-24(20)17-18-8-5-9-19(16-18)26-15-7-13-23-11-3-2-4-12-23/h5,8-9,16,20H,2-4,6-7,10-15,17H2,1H3,(H,22,25). The topological polar surface area (TPSA) is 44.8 Å². The monoisotopic (exact) mass is 359 g/mol. The highest BCUT2D eigenvalue weighted by atomic mass is 16.5. The van der Waals surface area contributed by atoms with Gasteiger partial charge in [-0.05, 0) is 69.4 Å². The summed E-state index contributed by atoms with van der Waals surface area (Å²) >= 11 is 0. The lowest BCUT2D eigenvalue weighted by molar-refractivity contribution is -0.125. The molecule has 5 heteroatoms. The molecule has 1 aromatic rings. The molecule has 26 heavy (non-hydrogen) atoms. The maximum Gasteiger partial charge on any atom is 0.237 e. The van der Waals surface area contributed by atoms with Crippen molar-refractivity contribution in [1.29, 1.82) is 0 Å². The van der Waals surface area contributed by atoms with E-state index in [1.807, 2.05) is 6.07 Å². The van der Waals surface area contributed by atoms with Crippen LogP contribution >= 0.6 is 0 Å². The number of nitrogens with one attached hydrogen (secondary N) is 1. The van der Waals surface area contributed by atoms with E-state index in [0.29, 0.717) is 0 Å². The summed E-state index contributed by atoms with van der Waals surface area (Å²) in [7, 11) is 1.72. The Morgan fingerprint density at radius 3 is 2.85 bits per heavy atom. The van der Waals surface area contributed by atoms with Crippen LogP contribution < -0.4 is 10.1 Å². The summed E-state index contributed by atoms with van der Waals surface area (Å²) in [6.45, 7) is 6.20. The van der Waals surface area contributed by atoms with Gasteiger partial charge in [0.25, 0.3) is 0 Å². The summed E-state index contributed by atoms with van der Waals surface area (Å²) in [5.74, 6) is 1.07. The predicted octanol–water partition coefficient (Wildman–Crippen LogP) is 2.65. The van der Waals surface area contributed by atoms with Crippen LogP contribution in [0.2, 0.25) is 0 Å². The van der Waals surface area contributed by atoms with E-state index in [4.69, 9.17) is 4.74 Å². The van der Waals surface area contributed by atoms with Gasteiger partial charge in [0, 0.05) is 20.1 Å². The maximum atomic E-state index is 12.0. The fourth-order valence-corrected chi connectivity index (χ4v) is 4.11.